The Balaban J connectivity index is 0.000000182. The van der Waals surface area contributed by atoms with E-state index in [9.17, 15) is 0 Å². The molecule has 25 heavy (non-hydrogen) atoms. The van der Waals surface area contributed by atoms with Gasteiger partial charge in [0.2, 0.25) is 0 Å². The molecule has 0 heterocycles. The summed E-state index contributed by atoms with van der Waals surface area (Å²) < 4.78 is 0. The van der Waals surface area contributed by atoms with Crippen molar-refractivity contribution in [2.24, 2.45) is 0 Å². The minimum absolute atomic E-state index is 0. The predicted molar refractivity (Wildman–Crippen MR) is 106 cm³/mol. The fourth-order valence-electron chi connectivity index (χ4n) is 3.40. The Labute approximate surface area is 172 Å². The molecule has 2 aliphatic rings. The van der Waals surface area contributed by atoms with Crippen molar-refractivity contribution in [1.82, 2.24) is 0 Å². The Morgan fingerprint density at radius 3 is 2.16 bits per heavy atom. The first-order valence-corrected chi connectivity index (χ1v) is 8.98. The second-order valence-electron chi connectivity index (χ2n) is 6.46. The fraction of sp³-hybridized carbons (Fsp3) is 0.250. The van der Waals surface area contributed by atoms with E-state index in [-0.39, 0.29) is 26.2 Å². The standard InChI is InChI=1S/C14H17.C10H9.Zr/c1-2-3-4-7-12-10-11-13-8-5-6-9-14(12)13;1-8-6-7-9-4-2-3-5-10(8)9;/h3,5-6,8-12H,2,4,7H2,1H3;2-8H,1H2;/q2*-1;+2. The van der Waals surface area contributed by atoms with Crippen LogP contribution < -0.4 is 0 Å². The minimum atomic E-state index is 0. The molecule has 4 rings (SSSR count). The van der Waals surface area contributed by atoms with Gasteiger partial charge in [-0.1, -0.05) is 85.7 Å². The molecule has 2 aliphatic carbocycles. The van der Waals surface area contributed by atoms with Crippen molar-refractivity contribution in [2.75, 3.05) is 0 Å². The zero-order valence-electron chi connectivity index (χ0n) is 15.0. The molecule has 0 spiro atoms. The molecule has 0 amide bonds. The molecule has 0 saturated carbocycles. The van der Waals surface area contributed by atoms with Crippen molar-refractivity contribution in [3.63, 3.8) is 0 Å². The van der Waals surface area contributed by atoms with Crippen molar-refractivity contribution in [2.45, 2.75) is 38.0 Å². The Morgan fingerprint density at radius 1 is 0.880 bits per heavy atom. The van der Waals surface area contributed by atoms with E-state index in [0.717, 1.165) is 0 Å². The molecule has 0 aliphatic heterocycles. The molecule has 0 bridgehead atoms. The summed E-state index contributed by atoms with van der Waals surface area (Å²) in [6.45, 7) is 6.20. The number of rotatable bonds is 4. The maximum Gasteiger partial charge on any atom is 2.00 e. The number of hydrogen-bond acceptors (Lipinski definition) is 0. The van der Waals surface area contributed by atoms with Crippen LogP contribution in [0.5, 0.6) is 0 Å². The largest absolute Gasteiger partial charge is 2.00 e. The van der Waals surface area contributed by atoms with Crippen molar-refractivity contribution in [3.8, 4) is 0 Å². The molecule has 0 fully saturated rings. The quantitative estimate of drug-likeness (QED) is 0.387. The molecular weight excluding hydrogens is 379 g/mol. The van der Waals surface area contributed by atoms with E-state index in [2.05, 4.69) is 93.1 Å². The molecule has 0 saturated heterocycles. The number of hydrogen-bond donors (Lipinski definition) is 0. The van der Waals surface area contributed by atoms with Crippen molar-refractivity contribution in [3.05, 3.63) is 96.3 Å². The maximum atomic E-state index is 3.99. The average molecular weight is 406 g/mol. The number of allylic oxidation sites excluding steroid dienone is 2. The first-order chi connectivity index (χ1) is 11.8. The van der Waals surface area contributed by atoms with Crippen LogP contribution in [0.15, 0.2) is 60.7 Å². The van der Waals surface area contributed by atoms with Crippen LogP contribution in [0.2, 0.25) is 0 Å². The Bertz CT molecular complexity index is 726. The van der Waals surface area contributed by atoms with Gasteiger partial charge in [-0.2, -0.15) is 12.8 Å². The van der Waals surface area contributed by atoms with Crippen LogP contribution in [0, 0.1) is 13.3 Å². The average Bonchev–Trinajstić information content (AvgIpc) is 3.21. The molecular formula is C24H26Zr. The molecule has 2 unspecified atom stereocenters. The first-order valence-electron chi connectivity index (χ1n) is 8.98. The summed E-state index contributed by atoms with van der Waals surface area (Å²) in [5.74, 6) is 1.03. The van der Waals surface area contributed by atoms with Crippen LogP contribution in [-0.2, 0) is 26.2 Å². The van der Waals surface area contributed by atoms with E-state index in [1.54, 1.807) is 0 Å². The number of fused-ring (bicyclic) bond motifs is 2. The number of benzene rings is 2. The fourth-order valence-corrected chi connectivity index (χ4v) is 3.40. The van der Waals surface area contributed by atoms with Crippen LogP contribution in [0.3, 0.4) is 0 Å². The zero-order chi connectivity index (χ0) is 16.8. The molecule has 0 nitrogen and oxygen atoms in total. The Kier molecular flexibility index (Phi) is 8.11. The van der Waals surface area contributed by atoms with Gasteiger partial charge in [-0.3, -0.25) is 0 Å². The van der Waals surface area contributed by atoms with Gasteiger partial charge >= 0.3 is 26.2 Å². The van der Waals surface area contributed by atoms with Gasteiger partial charge in [0, 0.05) is 5.92 Å². The van der Waals surface area contributed by atoms with Gasteiger partial charge in [0.1, 0.15) is 0 Å². The van der Waals surface area contributed by atoms with Gasteiger partial charge in [-0.15, -0.1) is 12.0 Å². The SMILES string of the molecule is CC[CH-]CCC1C=Cc2ccccc21.[CH2-]C1C=Cc2ccccc21.[Zr+2]. The summed E-state index contributed by atoms with van der Waals surface area (Å²) >= 11 is 0. The minimum Gasteiger partial charge on any atom is -0.332 e. The second kappa shape index (κ2) is 10.1. The van der Waals surface area contributed by atoms with E-state index in [1.807, 2.05) is 0 Å². The molecule has 126 valence electrons. The third-order valence-electron chi connectivity index (χ3n) is 4.78. The van der Waals surface area contributed by atoms with Crippen molar-refractivity contribution in [1.29, 1.82) is 0 Å². The van der Waals surface area contributed by atoms with Gasteiger partial charge in [0.05, 0.1) is 0 Å². The summed E-state index contributed by atoms with van der Waals surface area (Å²) in [6.07, 6.45) is 14.9. The maximum absolute atomic E-state index is 3.99. The van der Waals surface area contributed by atoms with Crippen LogP contribution in [-0.4, -0.2) is 0 Å². The van der Waals surface area contributed by atoms with Gasteiger partial charge in [0.15, 0.2) is 0 Å². The summed E-state index contributed by atoms with van der Waals surface area (Å²) in [6, 6.07) is 17.1. The monoisotopic (exact) mass is 404 g/mol. The van der Waals surface area contributed by atoms with Gasteiger partial charge < -0.3 is 13.3 Å². The van der Waals surface area contributed by atoms with Crippen molar-refractivity contribution < 1.29 is 26.2 Å². The van der Waals surface area contributed by atoms with E-state index >= 15 is 0 Å². The van der Waals surface area contributed by atoms with Gasteiger partial charge in [0.25, 0.3) is 0 Å². The van der Waals surface area contributed by atoms with Crippen LogP contribution in [0.25, 0.3) is 12.2 Å². The molecule has 2 atom stereocenters. The summed E-state index contributed by atoms with van der Waals surface area (Å²) in [5.41, 5.74) is 5.59. The first kappa shape index (κ1) is 20.1. The van der Waals surface area contributed by atoms with Crippen molar-refractivity contribution >= 4 is 12.2 Å². The predicted octanol–water partition coefficient (Wildman–Crippen LogP) is 6.82. The van der Waals surface area contributed by atoms with Crippen LogP contribution >= 0.6 is 0 Å². The summed E-state index contributed by atoms with van der Waals surface area (Å²) in [5, 5.41) is 0. The molecule has 0 radical (unpaired) electrons. The normalized spacial score (nSPS) is 18.8. The molecule has 0 aromatic heterocycles. The topological polar surface area (TPSA) is 0 Å². The van der Waals surface area contributed by atoms with Crippen LogP contribution in [0.1, 0.15) is 60.3 Å². The van der Waals surface area contributed by atoms with Gasteiger partial charge in [-0.25, -0.2) is 0 Å². The van der Waals surface area contributed by atoms with E-state index in [0.29, 0.717) is 11.8 Å². The van der Waals surface area contributed by atoms with E-state index < -0.39 is 0 Å². The third kappa shape index (κ3) is 5.14. The van der Waals surface area contributed by atoms with E-state index in [1.165, 1.54) is 41.5 Å². The molecule has 0 N–H and O–H groups in total. The Morgan fingerprint density at radius 2 is 1.48 bits per heavy atom. The smallest absolute Gasteiger partial charge is 0.332 e. The molecule has 1 heteroatoms. The van der Waals surface area contributed by atoms with E-state index in [4.69, 9.17) is 0 Å². The molecule has 2 aromatic rings. The molecule has 2 aromatic carbocycles. The van der Waals surface area contributed by atoms with Gasteiger partial charge in [-0.05, 0) is 16.7 Å². The van der Waals surface area contributed by atoms with Crippen LogP contribution in [0.4, 0.5) is 0 Å². The Hall–Kier alpha value is -1.20. The third-order valence-corrected chi connectivity index (χ3v) is 4.78. The summed E-state index contributed by atoms with van der Waals surface area (Å²) in [4.78, 5) is 0. The zero-order valence-corrected chi connectivity index (χ0v) is 17.4. The number of unbranched alkanes of at least 4 members (excludes halogenated alkanes) is 2. The second-order valence-corrected chi connectivity index (χ2v) is 6.46. The summed E-state index contributed by atoms with van der Waals surface area (Å²) in [7, 11) is 0.